The zero-order valence-corrected chi connectivity index (χ0v) is 59.2. The molecule has 0 amide bonds. The number of methoxy groups -OCH3 is 2. The van der Waals surface area contributed by atoms with Gasteiger partial charge in [-0.15, -0.1) is 0 Å². The Morgan fingerprint density at radius 3 is 1.45 bits per heavy atom. The lowest BCUT2D eigenvalue weighted by Crippen LogP contribution is -2.21. The van der Waals surface area contributed by atoms with Gasteiger partial charge in [0.1, 0.15) is 56.9 Å². The van der Waals surface area contributed by atoms with Crippen molar-refractivity contribution >= 4 is 181 Å². The maximum Gasteiger partial charge on any atom is 0.143 e. The second-order valence-electron chi connectivity index (χ2n) is 19.8. The third kappa shape index (κ3) is 14.9. The van der Waals surface area contributed by atoms with Gasteiger partial charge in [0.25, 0.3) is 0 Å². The minimum Gasteiger partial charge on any atom is -0.496 e. The van der Waals surface area contributed by atoms with Crippen molar-refractivity contribution in [3.8, 4) is 33.8 Å². The van der Waals surface area contributed by atoms with Gasteiger partial charge < -0.3 is 34.2 Å². The summed E-state index contributed by atoms with van der Waals surface area (Å²) in [6, 6.07) is 9.22. The normalized spacial score (nSPS) is 12.7. The number of ether oxygens (including phenoxy) is 2. The van der Waals surface area contributed by atoms with E-state index in [9.17, 15) is 0 Å². The number of aryl methyl sites for hydroxylation is 8. The Morgan fingerprint density at radius 2 is 1.02 bits per heavy atom. The van der Waals surface area contributed by atoms with Gasteiger partial charge in [-0.1, -0.05) is 29.3 Å². The molecule has 0 atom stereocenters. The Balaban J connectivity index is 0.000000162. The molecule has 0 saturated heterocycles. The van der Waals surface area contributed by atoms with Crippen LogP contribution in [0.2, 0.25) is 5.15 Å². The first-order valence-electron chi connectivity index (χ1n) is 26.2. The summed E-state index contributed by atoms with van der Waals surface area (Å²) < 4.78 is 26.4. The van der Waals surface area contributed by atoms with E-state index in [1.165, 1.54) is 67.5 Å². The van der Waals surface area contributed by atoms with Gasteiger partial charge >= 0.3 is 0 Å². The van der Waals surface area contributed by atoms with E-state index in [0.29, 0.717) is 35.1 Å². The van der Waals surface area contributed by atoms with E-state index < -0.39 is 0 Å². The monoisotopic (exact) mass is 1410 g/mol. The molecule has 0 spiro atoms. The molecule has 8 heterocycles. The number of halogens is 1. The van der Waals surface area contributed by atoms with E-state index >= 15 is 0 Å². The first-order valence-corrected chi connectivity index (χ1v) is 42.6. The number of nitrogen functional groups attached to an aromatic ring is 1. The lowest BCUT2D eigenvalue weighted by atomic mass is 9.92. The predicted molar refractivity (Wildman–Crippen MR) is 379 cm³/mol. The fourth-order valence-corrected chi connectivity index (χ4v) is 35.2. The summed E-state index contributed by atoms with van der Waals surface area (Å²) in [5.74, 6) is 5.23. The first-order chi connectivity index (χ1) is 40.5. The van der Waals surface area contributed by atoms with Crippen LogP contribution in [0.5, 0.6) is 11.5 Å². The molecule has 2 saturated carbocycles. The molecule has 12 rings (SSSR count). The Bertz CT molecular complexity index is 4610. The molecule has 2 aliphatic rings. The standard InChI is InChI=1S/C27H30N6O2.C17H15ClN4O2.C9H15N3.CH4.S13/c1-13-14(2)31-33(18-8-7-9-18)23(13)12-22-26-19-11-24(34-6)20(25-15(3)32-35-16(25)4)10-21(19)30-27(26)29-17(5)28-22;1-7-14(8(2)24-22-7)11-5-12-10(6-13(11)23-4)15-16(18)19-9(3)20-17(15)21-12;1-6-7(2)11-12(9(6)10)8-4-3-5-8;;1-3-5-7-9-11-13-12-10-8-6-4-2/h10-11,18H,7-9,12H2,1-6H3,(H,28,29,30);5-6H,1-4H3,(H,19,20,21);8H,3-5,10H2,1-2H3;1H4;. The van der Waals surface area contributed by atoms with Crippen LogP contribution in [0.3, 0.4) is 0 Å². The lowest BCUT2D eigenvalue weighted by molar-refractivity contribution is 0.282. The molecule has 8 aromatic heterocycles. The summed E-state index contributed by atoms with van der Waals surface area (Å²) in [5, 5.41) is 21.7. The summed E-state index contributed by atoms with van der Waals surface area (Å²) in [7, 11) is 21.4. The second kappa shape index (κ2) is 30.2. The molecule has 2 aliphatic carbocycles. The first kappa shape index (κ1) is 66.5. The van der Waals surface area contributed by atoms with E-state index in [-0.39, 0.29) is 7.43 Å². The third-order valence-electron chi connectivity index (χ3n) is 14.8. The maximum absolute atomic E-state index is 6.33. The summed E-state index contributed by atoms with van der Waals surface area (Å²) in [6.45, 7) is 19.7. The van der Waals surface area contributed by atoms with Gasteiger partial charge in [-0.3, -0.25) is 4.68 Å². The van der Waals surface area contributed by atoms with Gasteiger partial charge in [-0.25, -0.2) is 24.6 Å². The average Bonchev–Trinajstić information content (AvgIpc) is 1.73. The molecule has 10 aromatic rings. The predicted octanol–water partition coefficient (Wildman–Crippen LogP) is 12.6. The molecule has 17 nitrogen and oxygen atoms in total. The maximum atomic E-state index is 6.33. The fourth-order valence-electron chi connectivity index (χ4n) is 10.1. The van der Waals surface area contributed by atoms with E-state index in [4.69, 9.17) is 73.3 Å². The number of aromatic nitrogens is 12. The molecule has 2 fully saturated rings. The van der Waals surface area contributed by atoms with Crippen LogP contribution in [0.25, 0.3) is 66.1 Å². The summed E-state index contributed by atoms with van der Waals surface area (Å²) >= 11 is 15.7. The molecule has 0 bridgehead atoms. The molecule has 2 aromatic carbocycles. The number of hydrogen-bond donors (Lipinski definition) is 3. The Labute approximate surface area is 539 Å². The number of benzene rings is 2. The summed E-state index contributed by atoms with van der Waals surface area (Å²) in [5.41, 5.74) is 21.6. The number of H-pyrrole nitrogens is 2. The smallest absolute Gasteiger partial charge is 0.143 e. The second-order valence-corrected chi connectivity index (χ2v) is 39.6. The van der Waals surface area contributed by atoms with E-state index in [2.05, 4.69) is 66.0 Å². The summed E-state index contributed by atoms with van der Waals surface area (Å²) in [6.07, 6.45) is 8.18. The Morgan fingerprint density at radius 1 is 0.588 bits per heavy atom. The molecule has 31 heteroatoms. The highest BCUT2D eigenvalue weighted by Crippen LogP contribution is 2.43. The highest BCUT2D eigenvalue weighted by atomic mass is 35.5. The van der Waals surface area contributed by atoms with Crippen LogP contribution in [0, 0.1) is 69.2 Å². The van der Waals surface area contributed by atoms with E-state index in [1.54, 1.807) is 94.1 Å². The summed E-state index contributed by atoms with van der Waals surface area (Å²) in [4.78, 5) is 25.2. The average molecular weight is 1410 g/mol. The van der Waals surface area contributed by atoms with Gasteiger partial charge in [-0.05, 0) is 138 Å². The topological polar surface area (TPSA) is 215 Å². The minimum absolute atomic E-state index is 0. The van der Waals surface area contributed by atoms with Crippen LogP contribution >= 0.6 is 11.6 Å². The van der Waals surface area contributed by atoms with Crippen molar-refractivity contribution in [2.75, 3.05) is 20.0 Å². The molecular weight excluding hydrogens is 1350 g/mol. The van der Waals surface area contributed by atoms with Crippen molar-refractivity contribution in [1.82, 2.24) is 59.8 Å². The number of anilines is 1. The highest BCUT2D eigenvalue weighted by Gasteiger charge is 2.28. The number of rotatable bonds is 8. The van der Waals surface area contributed by atoms with E-state index in [0.717, 1.165) is 129 Å². The van der Waals surface area contributed by atoms with Crippen molar-refractivity contribution < 1.29 is 18.5 Å². The SMILES string of the molecule is C.COc1cc2c(cc1-c1c(C)noc1C)[nH]c1nc(C)nc(Cc3c(C)c(C)nn3C3CCC3)c12.COc1cc2c(cc1-c1c(C)noc1C)[nH]c1nc(C)nc(Cl)c12.Cc1nn(C2CCC2)c(N)c1C.S=S=S=S=S=S=S=S=S=S=S=S=S. The van der Waals surface area contributed by atoms with Gasteiger partial charge in [0, 0.05) is 176 Å². The largest absolute Gasteiger partial charge is 0.496 e. The van der Waals surface area contributed by atoms with Gasteiger partial charge in [0.15, 0.2) is 0 Å². The van der Waals surface area contributed by atoms with Crippen LogP contribution in [-0.2, 0) is 126 Å². The molecule has 85 heavy (non-hydrogen) atoms. The third-order valence-corrected chi connectivity index (χ3v) is 37.3. The fraction of sp³-hybridized carbons (Fsp3) is 0.407. The van der Waals surface area contributed by atoms with Crippen LogP contribution in [0.15, 0.2) is 33.3 Å². The van der Waals surface area contributed by atoms with Crippen molar-refractivity contribution in [3.05, 3.63) is 97.9 Å². The number of aromatic amines is 2. The zero-order valence-electron chi connectivity index (χ0n) is 47.8. The van der Waals surface area contributed by atoms with Gasteiger partial charge in [0.05, 0.1) is 71.3 Å². The molecule has 454 valence electrons. The van der Waals surface area contributed by atoms with Crippen LogP contribution < -0.4 is 15.2 Å². The number of nitrogens with one attached hydrogen (secondary N) is 2. The number of nitrogens with two attached hydrogens (primary N) is 1. The quantitative estimate of drug-likeness (QED) is 0.121. The molecular formula is C54H64ClN13O4S13. The van der Waals surface area contributed by atoms with Crippen molar-refractivity contribution in [3.63, 3.8) is 0 Å². The Kier molecular flexibility index (Phi) is 23.6. The molecule has 0 radical (unpaired) electrons. The van der Waals surface area contributed by atoms with Crippen LogP contribution in [0.4, 0.5) is 5.82 Å². The highest BCUT2D eigenvalue weighted by molar-refractivity contribution is 8.75. The van der Waals surface area contributed by atoms with Crippen molar-refractivity contribution in [2.45, 2.75) is 134 Å². The minimum atomic E-state index is 0. The zero-order chi connectivity index (χ0) is 59.9. The molecule has 4 N–H and O–H groups in total. The van der Waals surface area contributed by atoms with E-state index in [1.807, 2.05) is 72.2 Å². The molecule has 0 aliphatic heterocycles. The Hall–Kier alpha value is -4.41. The van der Waals surface area contributed by atoms with Crippen molar-refractivity contribution in [1.29, 1.82) is 0 Å². The number of fused-ring (bicyclic) bond motifs is 6. The van der Waals surface area contributed by atoms with Gasteiger partial charge in [0.2, 0.25) is 0 Å². The molecule has 0 unspecified atom stereocenters. The van der Waals surface area contributed by atoms with Crippen LogP contribution in [-0.4, -0.2) is 74.0 Å². The van der Waals surface area contributed by atoms with Crippen molar-refractivity contribution in [2.24, 2.45) is 0 Å². The number of nitrogens with zero attached hydrogens (tertiary/aromatic N) is 10. The van der Waals surface area contributed by atoms with Crippen LogP contribution in [0.1, 0.15) is 126 Å². The lowest BCUT2D eigenvalue weighted by Gasteiger charge is -2.27. The van der Waals surface area contributed by atoms with Gasteiger partial charge in [-0.2, -0.15) is 10.2 Å². The number of hydrogen-bond acceptors (Lipinski definition) is 15.